The van der Waals surface area contributed by atoms with Gasteiger partial charge in [-0.15, -0.1) is 11.8 Å². The highest BCUT2D eigenvalue weighted by molar-refractivity contribution is 8.00. The molecule has 5 heteroatoms. The standard InChI is InChI=1S/C14H20O4S/c1-16-11-5-3-10(4-6-11)8-18-9-12-7-13(15)14(17-2)19-12/h3-6,12-15H,7-9H2,1-2H3. The van der Waals surface area contributed by atoms with Crippen molar-refractivity contribution < 1.29 is 19.3 Å². The van der Waals surface area contributed by atoms with Crippen molar-refractivity contribution in [2.75, 3.05) is 20.8 Å². The SMILES string of the molecule is COc1ccc(COCC2CC(O)C(OC)S2)cc1. The molecule has 4 nitrogen and oxygen atoms in total. The Balaban J connectivity index is 1.71. The topological polar surface area (TPSA) is 47.9 Å². The van der Waals surface area contributed by atoms with Crippen LogP contribution in [0, 0.1) is 0 Å². The third-order valence-corrected chi connectivity index (χ3v) is 4.60. The molecule has 0 saturated carbocycles. The van der Waals surface area contributed by atoms with E-state index in [1.165, 1.54) is 0 Å². The average Bonchev–Trinajstić information content (AvgIpc) is 2.80. The third kappa shape index (κ3) is 4.11. The predicted octanol–water partition coefficient (Wildman–Crippen LogP) is 2.05. The number of ether oxygens (including phenoxy) is 3. The number of benzene rings is 1. The van der Waals surface area contributed by atoms with Crippen molar-refractivity contribution in [3.05, 3.63) is 29.8 Å². The van der Waals surface area contributed by atoms with Crippen molar-refractivity contribution in [2.45, 2.75) is 29.8 Å². The van der Waals surface area contributed by atoms with E-state index in [4.69, 9.17) is 14.2 Å². The van der Waals surface area contributed by atoms with Gasteiger partial charge in [0.1, 0.15) is 11.2 Å². The third-order valence-electron chi connectivity index (χ3n) is 3.11. The number of thioether (sulfide) groups is 1. The van der Waals surface area contributed by atoms with Gasteiger partial charge in [0, 0.05) is 12.4 Å². The lowest BCUT2D eigenvalue weighted by molar-refractivity contribution is 0.0424. The lowest BCUT2D eigenvalue weighted by Crippen LogP contribution is -2.18. The number of aliphatic hydroxyl groups is 1. The number of methoxy groups -OCH3 is 2. The minimum absolute atomic E-state index is 0.116. The first kappa shape index (κ1) is 14.7. The van der Waals surface area contributed by atoms with Gasteiger partial charge in [-0.3, -0.25) is 0 Å². The minimum Gasteiger partial charge on any atom is -0.497 e. The normalized spacial score (nSPS) is 26.6. The van der Waals surface area contributed by atoms with Gasteiger partial charge in [-0.1, -0.05) is 12.1 Å². The van der Waals surface area contributed by atoms with Gasteiger partial charge < -0.3 is 19.3 Å². The quantitative estimate of drug-likeness (QED) is 0.866. The van der Waals surface area contributed by atoms with E-state index in [1.807, 2.05) is 24.3 Å². The van der Waals surface area contributed by atoms with Crippen LogP contribution in [0.1, 0.15) is 12.0 Å². The molecular formula is C14H20O4S. The van der Waals surface area contributed by atoms with Gasteiger partial charge >= 0.3 is 0 Å². The molecule has 19 heavy (non-hydrogen) atoms. The van der Waals surface area contributed by atoms with Crippen molar-refractivity contribution in [2.24, 2.45) is 0 Å². The van der Waals surface area contributed by atoms with Crippen molar-refractivity contribution in [3.8, 4) is 5.75 Å². The molecule has 1 saturated heterocycles. The number of hydrogen-bond donors (Lipinski definition) is 1. The summed E-state index contributed by atoms with van der Waals surface area (Å²) in [5.74, 6) is 0.848. The van der Waals surface area contributed by atoms with E-state index < -0.39 is 0 Å². The highest BCUT2D eigenvalue weighted by atomic mass is 32.2. The number of aliphatic hydroxyl groups excluding tert-OH is 1. The Morgan fingerprint density at radius 3 is 2.58 bits per heavy atom. The molecule has 1 aromatic rings. The maximum Gasteiger partial charge on any atom is 0.129 e. The van der Waals surface area contributed by atoms with E-state index in [-0.39, 0.29) is 11.5 Å². The van der Waals surface area contributed by atoms with Crippen LogP contribution in [0.15, 0.2) is 24.3 Å². The first-order valence-electron chi connectivity index (χ1n) is 6.30. The molecule has 3 unspecified atom stereocenters. The Morgan fingerprint density at radius 2 is 2.00 bits per heavy atom. The summed E-state index contributed by atoms with van der Waals surface area (Å²) in [4.78, 5) is 0. The minimum atomic E-state index is -0.385. The highest BCUT2D eigenvalue weighted by Gasteiger charge is 2.33. The summed E-state index contributed by atoms with van der Waals surface area (Å²) < 4.78 is 16.0. The van der Waals surface area contributed by atoms with E-state index in [0.29, 0.717) is 18.5 Å². The molecule has 0 spiro atoms. The van der Waals surface area contributed by atoms with E-state index in [2.05, 4.69) is 0 Å². The van der Waals surface area contributed by atoms with Gasteiger partial charge in [0.05, 0.1) is 26.4 Å². The average molecular weight is 284 g/mol. The molecule has 0 radical (unpaired) electrons. The Hall–Kier alpha value is -0.750. The zero-order chi connectivity index (χ0) is 13.7. The van der Waals surface area contributed by atoms with Crippen LogP contribution in [-0.4, -0.2) is 42.7 Å². The molecule has 1 aliphatic rings. The van der Waals surface area contributed by atoms with Crippen LogP contribution in [0.25, 0.3) is 0 Å². The lowest BCUT2D eigenvalue weighted by atomic mass is 10.2. The smallest absolute Gasteiger partial charge is 0.129 e. The van der Waals surface area contributed by atoms with Gasteiger partial charge in [0.25, 0.3) is 0 Å². The molecule has 0 amide bonds. The molecule has 1 aromatic carbocycles. The Bertz CT molecular complexity index is 382. The summed E-state index contributed by atoms with van der Waals surface area (Å²) in [6.07, 6.45) is 0.343. The lowest BCUT2D eigenvalue weighted by Gasteiger charge is -2.11. The monoisotopic (exact) mass is 284 g/mol. The second-order valence-electron chi connectivity index (χ2n) is 4.53. The summed E-state index contributed by atoms with van der Waals surface area (Å²) in [5.41, 5.74) is 1.00. The van der Waals surface area contributed by atoms with Gasteiger partial charge in [-0.2, -0.15) is 0 Å². The largest absolute Gasteiger partial charge is 0.497 e. The Labute approximate surface area is 118 Å². The molecular weight excluding hydrogens is 264 g/mol. The van der Waals surface area contributed by atoms with Crippen LogP contribution in [0.5, 0.6) is 5.75 Å². The van der Waals surface area contributed by atoms with E-state index in [9.17, 15) is 5.11 Å². The van der Waals surface area contributed by atoms with Gasteiger partial charge in [0.2, 0.25) is 0 Å². The maximum atomic E-state index is 9.72. The van der Waals surface area contributed by atoms with Crippen molar-refractivity contribution in [3.63, 3.8) is 0 Å². The van der Waals surface area contributed by atoms with Gasteiger partial charge in [-0.25, -0.2) is 0 Å². The summed E-state index contributed by atoms with van der Waals surface area (Å²) in [6.45, 7) is 1.21. The molecule has 2 rings (SSSR count). The maximum absolute atomic E-state index is 9.72. The molecule has 0 bridgehead atoms. The molecule has 0 aromatic heterocycles. The van der Waals surface area contributed by atoms with Crippen LogP contribution in [0.3, 0.4) is 0 Å². The zero-order valence-electron chi connectivity index (χ0n) is 11.2. The van der Waals surface area contributed by atoms with Crippen LogP contribution < -0.4 is 4.74 Å². The molecule has 106 valence electrons. The molecule has 3 atom stereocenters. The molecule has 0 aliphatic carbocycles. The first-order valence-corrected chi connectivity index (χ1v) is 7.24. The fourth-order valence-electron chi connectivity index (χ4n) is 2.07. The van der Waals surface area contributed by atoms with Gasteiger partial charge in [-0.05, 0) is 24.1 Å². The fraction of sp³-hybridized carbons (Fsp3) is 0.571. The zero-order valence-corrected chi connectivity index (χ0v) is 12.1. The second-order valence-corrected chi connectivity index (χ2v) is 5.93. The second kappa shape index (κ2) is 7.14. The highest BCUT2D eigenvalue weighted by Crippen LogP contribution is 2.34. The van der Waals surface area contributed by atoms with Crippen LogP contribution in [0.2, 0.25) is 0 Å². The first-order chi connectivity index (χ1) is 9.22. The predicted molar refractivity (Wildman–Crippen MR) is 75.4 cm³/mol. The Kier molecular flexibility index (Phi) is 5.51. The number of rotatable bonds is 6. The van der Waals surface area contributed by atoms with E-state index in [1.54, 1.807) is 26.0 Å². The van der Waals surface area contributed by atoms with Crippen LogP contribution in [0.4, 0.5) is 0 Å². The van der Waals surface area contributed by atoms with E-state index >= 15 is 0 Å². The molecule has 1 heterocycles. The van der Waals surface area contributed by atoms with Crippen molar-refractivity contribution >= 4 is 11.8 Å². The number of hydrogen-bond acceptors (Lipinski definition) is 5. The molecule has 1 N–H and O–H groups in total. The Morgan fingerprint density at radius 1 is 1.26 bits per heavy atom. The van der Waals surface area contributed by atoms with Crippen LogP contribution in [-0.2, 0) is 16.1 Å². The summed E-state index contributed by atoms with van der Waals surface area (Å²) >= 11 is 1.64. The van der Waals surface area contributed by atoms with Crippen molar-refractivity contribution in [1.82, 2.24) is 0 Å². The van der Waals surface area contributed by atoms with Crippen molar-refractivity contribution in [1.29, 1.82) is 0 Å². The summed E-state index contributed by atoms with van der Waals surface area (Å²) in [6, 6.07) is 7.84. The van der Waals surface area contributed by atoms with E-state index in [0.717, 1.165) is 17.7 Å². The summed E-state index contributed by atoms with van der Waals surface area (Å²) in [7, 11) is 3.28. The fourth-order valence-corrected chi connectivity index (χ4v) is 3.33. The van der Waals surface area contributed by atoms with Crippen LogP contribution >= 0.6 is 11.8 Å². The summed E-state index contributed by atoms with van der Waals surface area (Å²) in [5, 5.41) is 10.0. The molecule has 1 fully saturated rings. The van der Waals surface area contributed by atoms with Gasteiger partial charge in [0.15, 0.2) is 0 Å². The molecule has 1 aliphatic heterocycles.